The molecule has 0 unspecified atom stereocenters. The molecule has 0 aliphatic rings. The summed E-state index contributed by atoms with van der Waals surface area (Å²) in [6.45, 7) is 2.23. The zero-order chi connectivity index (χ0) is 18.4. The first-order valence-electron chi connectivity index (χ1n) is 7.52. The standard InChI is InChI=1S/C17H16Cl2FN3O2/c1-2-23(17(25)12-7-14(18)16(19)22-9-12)10-15(24)21-8-11-3-5-13(20)6-4-11/h3-7,9H,2,8,10H2,1H3,(H,21,24). The Labute approximate surface area is 154 Å². The third-order valence-corrected chi connectivity index (χ3v) is 4.14. The van der Waals surface area contributed by atoms with E-state index in [-0.39, 0.29) is 46.5 Å². The maximum absolute atomic E-state index is 12.9. The monoisotopic (exact) mass is 383 g/mol. The van der Waals surface area contributed by atoms with Crippen molar-refractivity contribution in [3.8, 4) is 0 Å². The summed E-state index contributed by atoms with van der Waals surface area (Å²) in [6.07, 6.45) is 1.32. The lowest BCUT2D eigenvalue weighted by Crippen LogP contribution is -2.40. The van der Waals surface area contributed by atoms with Gasteiger partial charge in [-0.1, -0.05) is 35.3 Å². The van der Waals surface area contributed by atoms with Gasteiger partial charge in [-0.15, -0.1) is 0 Å². The van der Waals surface area contributed by atoms with Crippen LogP contribution in [0.1, 0.15) is 22.8 Å². The van der Waals surface area contributed by atoms with Crippen LogP contribution in [-0.4, -0.2) is 34.8 Å². The number of carbonyl (C=O) groups is 2. The minimum Gasteiger partial charge on any atom is -0.350 e. The molecular formula is C17H16Cl2FN3O2. The van der Waals surface area contributed by atoms with Gasteiger partial charge < -0.3 is 10.2 Å². The van der Waals surface area contributed by atoms with Crippen LogP contribution < -0.4 is 5.32 Å². The number of hydrogen-bond acceptors (Lipinski definition) is 3. The van der Waals surface area contributed by atoms with Crippen LogP contribution in [0.5, 0.6) is 0 Å². The number of likely N-dealkylation sites (N-methyl/N-ethyl adjacent to an activating group) is 1. The Morgan fingerprint density at radius 1 is 1.24 bits per heavy atom. The number of hydrogen-bond donors (Lipinski definition) is 1. The van der Waals surface area contributed by atoms with Gasteiger partial charge in [-0.25, -0.2) is 9.37 Å². The fraction of sp³-hybridized carbons (Fsp3) is 0.235. The van der Waals surface area contributed by atoms with Crippen LogP contribution in [0.4, 0.5) is 4.39 Å². The van der Waals surface area contributed by atoms with E-state index in [0.717, 1.165) is 5.56 Å². The molecule has 0 spiro atoms. The van der Waals surface area contributed by atoms with Gasteiger partial charge in [-0.05, 0) is 30.7 Å². The van der Waals surface area contributed by atoms with E-state index in [1.165, 1.54) is 29.3 Å². The molecule has 0 bridgehead atoms. The van der Waals surface area contributed by atoms with E-state index in [2.05, 4.69) is 10.3 Å². The van der Waals surface area contributed by atoms with E-state index in [9.17, 15) is 14.0 Å². The molecule has 1 N–H and O–H groups in total. The van der Waals surface area contributed by atoms with Crippen molar-refractivity contribution >= 4 is 35.0 Å². The fourth-order valence-corrected chi connectivity index (χ4v) is 2.35. The smallest absolute Gasteiger partial charge is 0.255 e. The predicted octanol–water partition coefficient (Wildman–Crippen LogP) is 3.31. The van der Waals surface area contributed by atoms with Gasteiger partial charge in [-0.2, -0.15) is 0 Å². The Bertz CT molecular complexity index is 769. The third kappa shape index (κ3) is 5.41. The molecule has 0 aliphatic carbocycles. The van der Waals surface area contributed by atoms with Gasteiger partial charge in [-0.3, -0.25) is 9.59 Å². The lowest BCUT2D eigenvalue weighted by Gasteiger charge is -2.20. The number of aromatic nitrogens is 1. The summed E-state index contributed by atoms with van der Waals surface area (Å²) >= 11 is 11.6. The number of carbonyl (C=O) groups excluding carboxylic acids is 2. The predicted molar refractivity (Wildman–Crippen MR) is 94.1 cm³/mol. The summed E-state index contributed by atoms with van der Waals surface area (Å²) in [5.41, 5.74) is 1.01. The topological polar surface area (TPSA) is 62.3 Å². The molecule has 2 rings (SSSR count). The van der Waals surface area contributed by atoms with Crippen LogP contribution in [-0.2, 0) is 11.3 Å². The van der Waals surface area contributed by atoms with Crippen LogP contribution >= 0.6 is 23.2 Å². The number of pyridine rings is 1. The Morgan fingerprint density at radius 3 is 2.52 bits per heavy atom. The number of halogens is 3. The van der Waals surface area contributed by atoms with Gasteiger partial charge in [0.2, 0.25) is 5.91 Å². The minimum absolute atomic E-state index is 0.110. The third-order valence-electron chi connectivity index (χ3n) is 3.45. The van der Waals surface area contributed by atoms with Gasteiger partial charge in [0.25, 0.3) is 5.91 Å². The van der Waals surface area contributed by atoms with Gasteiger partial charge in [0, 0.05) is 19.3 Å². The quantitative estimate of drug-likeness (QED) is 0.778. The molecule has 0 radical (unpaired) electrons. The molecule has 2 aromatic rings. The van der Waals surface area contributed by atoms with Crippen LogP contribution in [0.2, 0.25) is 10.2 Å². The van der Waals surface area contributed by atoms with Crippen molar-refractivity contribution in [3.05, 3.63) is 63.6 Å². The summed E-state index contributed by atoms with van der Waals surface area (Å²) in [7, 11) is 0. The van der Waals surface area contributed by atoms with Crippen molar-refractivity contribution in [3.63, 3.8) is 0 Å². The first-order valence-corrected chi connectivity index (χ1v) is 8.27. The first-order chi connectivity index (χ1) is 11.9. The van der Waals surface area contributed by atoms with Crippen molar-refractivity contribution in [2.75, 3.05) is 13.1 Å². The van der Waals surface area contributed by atoms with Gasteiger partial charge in [0.05, 0.1) is 17.1 Å². The highest BCUT2D eigenvalue weighted by Gasteiger charge is 2.18. The summed E-state index contributed by atoms with van der Waals surface area (Å²) in [5, 5.41) is 2.97. The van der Waals surface area contributed by atoms with E-state index in [1.807, 2.05) is 0 Å². The fourth-order valence-electron chi connectivity index (χ4n) is 2.08. The molecule has 0 aliphatic heterocycles. The first kappa shape index (κ1) is 19.1. The Kier molecular flexibility index (Phi) is 6.73. The molecule has 0 saturated carbocycles. The van der Waals surface area contributed by atoms with Crippen molar-refractivity contribution < 1.29 is 14.0 Å². The lowest BCUT2D eigenvalue weighted by atomic mass is 10.2. The van der Waals surface area contributed by atoms with E-state index < -0.39 is 0 Å². The lowest BCUT2D eigenvalue weighted by molar-refractivity contribution is -0.121. The molecule has 1 aromatic carbocycles. The Hall–Kier alpha value is -2.18. The van der Waals surface area contributed by atoms with E-state index in [0.29, 0.717) is 6.54 Å². The van der Waals surface area contributed by atoms with E-state index in [1.54, 1.807) is 19.1 Å². The molecule has 2 amide bonds. The van der Waals surface area contributed by atoms with Crippen LogP contribution in [0.3, 0.4) is 0 Å². The van der Waals surface area contributed by atoms with Crippen molar-refractivity contribution in [2.45, 2.75) is 13.5 Å². The van der Waals surface area contributed by atoms with E-state index >= 15 is 0 Å². The molecule has 1 heterocycles. The summed E-state index contributed by atoms with van der Waals surface area (Å²) < 4.78 is 12.9. The van der Waals surface area contributed by atoms with Crippen LogP contribution in [0.25, 0.3) is 0 Å². The van der Waals surface area contributed by atoms with Crippen LogP contribution in [0.15, 0.2) is 36.5 Å². The maximum Gasteiger partial charge on any atom is 0.255 e. The number of benzene rings is 1. The zero-order valence-electron chi connectivity index (χ0n) is 13.4. The molecule has 0 fully saturated rings. The van der Waals surface area contributed by atoms with Crippen molar-refractivity contribution in [1.82, 2.24) is 15.2 Å². The molecule has 8 heteroatoms. The van der Waals surface area contributed by atoms with Gasteiger partial charge in [0.15, 0.2) is 0 Å². The molecule has 132 valence electrons. The summed E-state index contributed by atoms with van der Waals surface area (Å²) in [4.78, 5) is 29.7. The second-order valence-electron chi connectivity index (χ2n) is 5.22. The normalized spacial score (nSPS) is 10.4. The largest absolute Gasteiger partial charge is 0.350 e. The maximum atomic E-state index is 12.9. The van der Waals surface area contributed by atoms with Crippen LogP contribution in [0, 0.1) is 5.82 Å². The van der Waals surface area contributed by atoms with Crippen molar-refractivity contribution in [1.29, 1.82) is 0 Å². The van der Waals surface area contributed by atoms with Crippen molar-refractivity contribution in [2.24, 2.45) is 0 Å². The van der Waals surface area contributed by atoms with Gasteiger partial charge in [0.1, 0.15) is 11.0 Å². The minimum atomic E-state index is -0.370. The van der Waals surface area contributed by atoms with Gasteiger partial charge >= 0.3 is 0 Å². The molecular weight excluding hydrogens is 368 g/mol. The number of nitrogens with zero attached hydrogens (tertiary/aromatic N) is 2. The second kappa shape index (κ2) is 8.78. The highest BCUT2D eigenvalue weighted by molar-refractivity contribution is 6.41. The number of nitrogens with one attached hydrogen (secondary N) is 1. The molecule has 0 atom stereocenters. The summed E-state index contributed by atoms with van der Waals surface area (Å²) in [6, 6.07) is 7.22. The molecule has 5 nitrogen and oxygen atoms in total. The molecule has 1 aromatic heterocycles. The molecule has 25 heavy (non-hydrogen) atoms. The average molecular weight is 384 g/mol. The Balaban J connectivity index is 1.95. The molecule has 0 saturated heterocycles. The highest BCUT2D eigenvalue weighted by Crippen LogP contribution is 2.20. The number of rotatable bonds is 6. The zero-order valence-corrected chi connectivity index (χ0v) is 14.9. The SMILES string of the molecule is CCN(CC(=O)NCc1ccc(F)cc1)C(=O)c1cnc(Cl)c(Cl)c1. The average Bonchev–Trinajstić information content (AvgIpc) is 2.61. The Morgan fingerprint density at radius 2 is 1.92 bits per heavy atom. The second-order valence-corrected chi connectivity index (χ2v) is 5.98. The summed E-state index contributed by atoms with van der Waals surface area (Å²) in [5.74, 6) is -1.04. The van der Waals surface area contributed by atoms with E-state index in [4.69, 9.17) is 23.2 Å². The highest BCUT2D eigenvalue weighted by atomic mass is 35.5. The number of amides is 2.